The first-order chi connectivity index (χ1) is 59.4. The molecule has 0 fully saturated rings. The highest BCUT2D eigenvalue weighted by Crippen LogP contribution is 2.70. The molecule has 3 aromatic heterocycles. The standard InChI is InChI=1S/C116H109NO3/c1-5-9-13-17-41-69-113(70-42-18-14-10-6-2)94-57-37-33-54-87(94)109-111(113)110-107(108-90-56-36-40-60-102(90)120-112(108)109)88-65-62-83(74-96(88)114(110,71-43-19-15-11-7-3)72-44-20-16-12-8-4)117(82-63-67-103-92(73-82)86-53-34-38-58-100(86)118-103)84-61-64-85-91-76-99-93(77-98(91)116(97(85)75-84,80-49-29-23-30-50-80)81-51-31-24-32-52-81)105-95(66-68-104-106(105)89-55-35-39-59-101(89)119-104)115(99,78-45-25-21-26-46-78)79-47-27-22-28-48-79/h21-40,45-68,73-77H,5-20,41-44,69-72H2,1-4H3. The molecule has 14 aromatic carbocycles. The summed E-state index contributed by atoms with van der Waals surface area (Å²) in [6.45, 7) is 9.49. The Bertz CT molecular complexity index is 6580. The van der Waals surface area contributed by atoms with Gasteiger partial charge in [-0.3, -0.25) is 0 Å². The van der Waals surface area contributed by atoms with Crippen LogP contribution in [-0.4, -0.2) is 0 Å². The van der Waals surface area contributed by atoms with Crippen LogP contribution in [0.4, 0.5) is 17.1 Å². The third-order valence-corrected chi connectivity index (χ3v) is 29.0. The molecule has 0 radical (unpaired) electrons. The highest BCUT2D eigenvalue weighted by Gasteiger charge is 2.56. The minimum absolute atomic E-state index is 0.211. The molecule has 4 heteroatoms. The van der Waals surface area contributed by atoms with Crippen LogP contribution in [0, 0.1) is 0 Å². The number of rotatable bonds is 31. The van der Waals surface area contributed by atoms with Gasteiger partial charge in [-0.2, -0.15) is 0 Å². The van der Waals surface area contributed by atoms with Gasteiger partial charge in [-0.15, -0.1) is 0 Å². The van der Waals surface area contributed by atoms with Crippen molar-refractivity contribution in [2.45, 2.75) is 203 Å². The molecule has 4 nitrogen and oxygen atoms in total. The Morgan fingerprint density at radius 3 is 1.18 bits per heavy atom. The Hall–Kier alpha value is -11.7. The molecule has 0 atom stereocenters. The predicted octanol–water partition coefficient (Wildman–Crippen LogP) is 33.6. The second-order valence-corrected chi connectivity index (χ2v) is 35.6. The Balaban J connectivity index is 0.850. The molecule has 0 amide bonds. The highest BCUT2D eigenvalue weighted by molar-refractivity contribution is 6.22. The summed E-state index contributed by atoms with van der Waals surface area (Å²) in [5.41, 5.74) is 33.6. The minimum Gasteiger partial charge on any atom is -0.456 e. The van der Waals surface area contributed by atoms with Crippen LogP contribution in [0.5, 0.6) is 0 Å². The fourth-order valence-electron chi connectivity index (χ4n) is 23.7. The molecule has 0 N–H and O–H groups in total. The number of para-hydroxylation sites is 3. The second kappa shape index (κ2) is 31.5. The molecule has 0 bridgehead atoms. The monoisotopic (exact) mass is 1560 g/mol. The van der Waals surface area contributed by atoms with Gasteiger partial charge in [-0.05, 0) is 210 Å². The first-order valence-electron chi connectivity index (χ1n) is 45.9. The van der Waals surface area contributed by atoms with Crippen LogP contribution >= 0.6 is 0 Å². The third-order valence-electron chi connectivity index (χ3n) is 29.0. The van der Waals surface area contributed by atoms with E-state index in [1.165, 1.54) is 226 Å². The van der Waals surface area contributed by atoms with Crippen LogP contribution in [0.25, 0.3) is 110 Å². The molecule has 0 spiro atoms. The zero-order chi connectivity index (χ0) is 80.5. The largest absolute Gasteiger partial charge is 0.456 e. The number of fused-ring (bicyclic) bond motifs is 25. The summed E-state index contributed by atoms with van der Waals surface area (Å²) >= 11 is 0. The van der Waals surface area contributed by atoms with Crippen LogP contribution in [0.15, 0.2) is 311 Å². The normalized spacial score (nSPS) is 14.6. The maximum Gasteiger partial charge on any atom is 0.144 e. The molecule has 4 aliphatic carbocycles. The maximum absolute atomic E-state index is 7.70. The van der Waals surface area contributed by atoms with Crippen LogP contribution in [0.1, 0.15) is 249 Å². The van der Waals surface area contributed by atoms with E-state index in [4.69, 9.17) is 13.3 Å². The van der Waals surface area contributed by atoms with E-state index < -0.39 is 10.8 Å². The summed E-state index contributed by atoms with van der Waals surface area (Å²) in [7, 11) is 0. The number of unbranched alkanes of at least 4 members (excludes halogenated alkanes) is 16. The van der Waals surface area contributed by atoms with Crippen molar-refractivity contribution in [1.29, 1.82) is 0 Å². The lowest BCUT2D eigenvalue weighted by atomic mass is 9.62. The smallest absolute Gasteiger partial charge is 0.144 e. The van der Waals surface area contributed by atoms with Crippen molar-refractivity contribution in [3.63, 3.8) is 0 Å². The van der Waals surface area contributed by atoms with Crippen molar-refractivity contribution in [3.05, 3.63) is 364 Å². The Morgan fingerprint density at radius 2 is 0.617 bits per heavy atom. The number of benzene rings is 14. The summed E-state index contributed by atoms with van der Waals surface area (Å²) in [4.78, 5) is 2.66. The quantitative estimate of drug-likeness (QED) is 0.0406. The van der Waals surface area contributed by atoms with Gasteiger partial charge in [-0.25, -0.2) is 0 Å². The summed E-state index contributed by atoms with van der Waals surface area (Å²) in [6.07, 6.45) is 29.0. The molecule has 596 valence electrons. The average Bonchev–Trinajstić information content (AvgIpc) is 1.51. The molecule has 0 unspecified atom stereocenters. The van der Waals surface area contributed by atoms with E-state index in [9.17, 15) is 0 Å². The number of hydrogen-bond donors (Lipinski definition) is 0. The van der Waals surface area contributed by atoms with Gasteiger partial charge in [0, 0.05) is 65.8 Å². The van der Waals surface area contributed by atoms with Crippen LogP contribution in [0.2, 0.25) is 0 Å². The summed E-state index contributed by atoms with van der Waals surface area (Å²) < 4.78 is 21.5. The lowest BCUT2D eigenvalue weighted by Crippen LogP contribution is -2.33. The molecular formula is C116H109NO3. The molecule has 3 heterocycles. The van der Waals surface area contributed by atoms with Crippen LogP contribution < -0.4 is 4.90 Å². The van der Waals surface area contributed by atoms with Crippen molar-refractivity contribution < 1.29 is 13.3 Å². The van der Waals surface area contributed by atoms with Crippen molar-refractivity contribution in [1.82, 2.24) is 0 Å². The lowest BCUT2D eigenvalue weighted by Gasteiger charge is -2.40. The third kappa shape index (κ3) is 11.8. The average molecular weight is 1570 g/mol. The first kappa shape index (κ1) is 75.7. The van der Waals surface area contributed by atoms with Gasteiger partial charge in [0.05, 0.1) is 10.8 Å². The fraction of sp³-hybridized carbons (Fsp3) is 0.276. The Kier molecular flexibility index (Phi) is 19.8. The SMILES string of the molecule is CCCCCCCC1(CCCCCCC)c2ccccc2-c2c1c1c(c3c2oc2ccccc23)-c2ccc(N(c3ccc4c(c3)C(c3ccccc3)(c3ccccc3)c3cc5c(cc3-4)C(c3ccccc3)(c3ccccc3)c3ccc4oc6ccccc6c4c3-5)c3ccc4oc5ccccc5c4c3)cc2C1(CCCCCCC)CCCCCCC. The topological polar surface area (TPSA) is 42.7 Å². The van der Waals surface area contributed by atoms with Crippen LogP contribution in [0.3, 0.4) is 0 Å². The molecular weight excluding hydrogens is 1460 g/mol. The van der Waals surface area contributed by atoms with Gasteiger partial charge >= 0.3 is 0 Å². The van der Waals surface area contributed by atoms with Gasteiger partial charge in [0.1, 0.15) is 33.5 Å². The van der Waals surface area contributed by atoms with Gasteiger partial charge in [0.2, 0.25) is 0 Å². The lowest BCUT2D eigenvalue weighted by molar-refractivity contribution is 0.369. The number of hydrogen-bond acceptors (Lipinski definition) is 4. The summed E-state index contributed by atoms with van der Waals surface area (Å²) in [5.74, 6) is 0. The van der Waals surface area contributed by atoms with Crippen molar-refractivity contribution >= 4 is 82.9 Å². The van der Waals surface area contributed by atoms with E-state index in [2.05, 4.69) is 330 Å². The van der Waals surface area contributed by atoms with Crippen LogP contribution in [-0.2, 0) is 21.7 Å². The second-order valence-electron chi connectivity index (χ2n) is 35.6. The van der Waals surface area contributed by atoms with E-state index in [-0.39, 0.29) is 10.8 Å². The highest BCUT2D eigenvalue weighted by atomic mass is 16.3. The van der Waals surface area contributed by atoms with Crippen molar-refractivity contribution in [2.75, 3.05) is 4.90 Å². The Labute approximate surface area is 708 Å². The number of nitrogens with zero attached hydrogens (tertiary/aromatic N) is 1. The molecule has 21 rings (SSSR count). The number of anilines is 3. The van der Waals surface area contributed by atoms with E-state index in [1.54, 1.807) is 11.1 Å². The molecule has 0 aliphatic heterocycles. The number of furan rings is 3. The fourth-order valence-corrected chi connectivity index (χ4v) is 23.7. The summed E-state index contributed by atoms with van der Waals surface area (Å²) in [6, 6.07) is 115. The predicted molar refractivity (Wildman–Crippen MR) is 504 cm³/mol. The zero-order valence-electron chi connectivity index (χ0n) is 70.4. The van der Waals surface area contributed by atoms with Crippen molar-refractivity contribution in [3.8, 4) is 44.5 Å². The first-order valence-corrected chi connectivity index (χ1v) is 45.9. The maximum atomic E-state index is 7.70. The van der Waals surface area contributed by atoms with Gasteiger partial charge in [0.15, 0.2) is 0 Å². The Morgan fingerprint density at radius 1 is 0.233 bits per heavy atom. The van der Waals surface area contributed by atoms with E-state index in [1.807, 2.05) is 0 Å². The van der Waals surface area contributed by atoms with Gasteiger partial charge in [0.25, 0.3) is 0 Å². The minimum atomic E-state index is -0.814. The van der Waals surface area contributed by atoms with Gasteiger partial charge < -0.3 is 18.2 Å². The molecule has 0 saturated heterocycles. The van der Waals surface area contributed by atoms with Crippen molar-refractivity contribution in [2.24, 2.45) is 0 Å². The zero-order valence-corrected chi connectivity index (χ0v) is 70.4. The summed E-state index contributed by atoms with van der Waals surface area (Å²) in [5, 5.41) is 7.02. The molecule has 120 heavy (non-hydrogen) atoms. The van der Waals surface area contributed by atoms with E-state index in [0.717, 1.165) is 111 Å². The van der Waals surface area contributed by atoms with Gasteiger partial charge in [-0.1, -0.05) is 375 Å². The molecule has 4 aliphatic rings. The van der Waals surface area contributed by atoms with E-state index >= 15 is 0 Å². The molecule has 0 saturated carbocycles. The molecule has 17 aromatic rings. The van der Waals surface area contributed by atoms with E-state index in [0.29, 0.717) is 0 Å².